The van der Waals surface area contributed by atoms with Gasteiger partial charge in [-0.05, 0) is 17.7 Å². The largest absolute Gasteiger partial charge is 0.417 e. The van der Waals surface area contributed by atoms with Gasteiger partial charge in [-0.2, -0.15) is 13.2 Å². The Bertz CT molecular complexity index is 325. The quantitative estimate of drug-likeness (QED) is 0.598. The Morgan fingerprint density at radius 2 is 2.00 bits per heavy atom. The Balaban J connectivity index is 3.09. The van der Waals surface area contributed by atoms with Crippen molar-refractivity contribution >= 4 is 11.6 Å². The van der Waals surface area contributed by atoms with Crippen molar-refractivity contribution < 1.29 is 13.2 Å². The zero-order chi connectivity index (χ0) is 10.8. The molecule has 0 aliphatic heterocycles. The summed E-state index contributed by atoms with van der Waals surface area (Å²) in [6.45, 7) is 0.167. The lowest BCUT2D eigenvalue weighted by molar-refractivity contribution is -0.137. The van der Waals surface area contributed by atoms with Crippen LogP contribution in [0, 0.1) is 0 Å². The van der Waals surface area contributed by atoms with Crippen molar-refractivity contribution in [3.05, 3.63) is 34.3 Å². The van der Waals surface area contributed by atoms with E-state index >= 15 is 0 Å². The number of nitrogens with two attached hydrogens (primary N) is 1. The molecule has 0 aliphatic carbocycles. The smallest absolute Gasteiger partial charge is 0.271 e. The van der Waals surface area contributed by atoms with Crippen LogP contribution in [0.5, 0.6) is 0 Å². The van der Waals surface area contributed by atoms with Crippen molar-refractivity contribution in [1.82, 2.24) is 5.43 Å². The van der Waals surface area contributed by atoms with Crippen molar-refractivity contribution in [3.63, 3.8) is 0 Å². The molecular formula is C8H8ClF3N2. The first-order valence-electron chi connectivity index (χ1n) is 3.74. The number of hydrazine groups is 1. The fraction of sp³-hybridized carbons (Fsp3) is 0.250. The first-order valence-corrected chi connectivity index (χ1v) is 4.12. The van der Waals surface area contributed by atoms with E-state index in [0.29, 0.717) is 5.56 Å². The second-order valence-corrected chi connectivity index (χ2v) is 3.10. The highest BCUT2D eigenvalue weighted by molar-refractivity contribution is 6.31. The lowest BCUT2D eigenvalue weighted by Gasteiger charge is -2.10. The maximum atomic E-state index is 12.3. The van der Waals surface area contributed by atoms with Crippen molar-refractivity contribution in [1.29, 1.82) is 0 Å². The number of alkyl halides is 3. The summed E-state index contributed by atoms with van der Waals surface area (Å²) < 4.78 is 37.0. The highest BCUT2D eigenvalue weighted by atomic mass is 35.5. The zero-order valence-corrected chi connectivity index (χ0v) is 7.78. The van der Waals surface area contributed by atoms with Crippen molar-refractivity contribution in [2.45, 2.75) is 12.7 Å². The fourth-order valence-corrected chi connectivity index (χ4v) is 1.24. The molecule has 1 aromatic rings. The Labute approximate surface area is 83.8 Å². The Morgan fingerprint density at radius 3 is 2.50 bits per heavy atom. The van der Waals surface area contributed by atoms with Crippen LogP contribution in [0.15, 0.2) is 18.2 Å². The van der Waals surface area contributed by atoms with E-state index in [-0.39, 0.29) is 11.6 Å². The maximum absolute atomic E-state index is 12.3. The van der Waals surface area contributed by atoms with Gasteiger partial charge in [0.1, 0.15) is 0 Å². The van der Waals surface area contributed by atoms with Gasteiger partial charge in [-0.15, -0.1) is 0 Å². The van der Waals surface area contributed by atoms with Gasteiger partial charge in [0.05, 0.1) is 10.6 Å². The molecule has 0 aliphatic rings. The number of nitrogens with one attached hydrogen (secondary N) is 1. The lowest BCUT2D eigenvalue weighted by atomic mass is 10.1. The first-order chi connectivity index (χ1) is 6.45. The van der Waals surface area contributed by atoms with E-state index in [0.717, 1.165) is 6.07 Å². The highest BCUT2D eigenvalue weighted by Crippen LogP contribution is 2.34. The molecule has 0 fully saturated rings. The third kappa shape index (κ3) is 2.60. The molecule has 0 unspecified atom stereocenters. The average Bonchev–Trinajstić information content (AvgIpc) is 2.07. The van der Waals surface area contributed by atoms with E-state index in [1.807, 2.05) is 0 Å². The monoisotopic (exact) mass is 224 g/mol. The van der Waals surface area contributed by atoms with Gasteiger partial charge in [0.25, 0.3) is 0 Å². The minimum Gasteiger partial charge on any atom is -0.271 e. The van der Waals surface area contributed by atoms with Crippen LogP contribution in [-0.4, -0.2) is 0 Å². The third-order valence-corrected chi connectivity index (χ3v) is 1.97. The van der Waals surface area contributed by atoms with Crippen LogP contribution in [0.1, 0.15) is 11.1 Å². The second-order valence-electron chi connectivity index (χ2n) is 2.69. The molecule has 2 nitrogen and oxygen atoms in total. The van der Waals surface area contributed by atoms with Gasteiger partial charge in [0.15, 0.2) is 0 Å². The normalized spacial score (nSPS) is 11.8. The van der Waals surface area contributed by atoms with Gasteiger partial charge in [-0.3, -0.25) is 11.3 Å². The Hall–Kier alpha value is -0.780. The maximum Gasteiger partial charge on any atom is 0.417 e. The number of hydrogen-bond acceptors (Lipinski definition) is 2. The third-order valence-electron chi connectivity index (χ3n) is 1.64. The van der Waals surface area contributed by atoms with Crippen LogP contribution < -0.4 is 11.3 Å². The van der Waals surface area contributed by atoms with E-state index in [9.17, 15) is 13.2 Å². The van der Waals surface area contributed by atoms with Crippen molar-refractivity contribution in [2.75, 3.05) is 0 Å². The fourth-order valence-electron chi connectivity index (χ4n) is 1.02. The van der Waals surface area contributed by atoms with Gasteiger partial charge < -0.3 is 0 Å². The molecule has 78 valence electrons. The summed E-state index contributed by atoms with van der Waals surface area (Å²) in [5, 5.41) is -0.307. The molecule has 0 heterocycles. The predicted molar refractivity (Wildman–Crippen MR) is 47.5 cm³/mol. The van der Waals surface area contributed by atoms with E-state index in [4.69, 9.17) is 17.4 Å². The molecule has 0 atom stereocenters. The van der Waals surface area contributed by atoms with E-state index < -0.39 is 11.7 Å². The summed E-state index contributed by atoms with van der Waals surface area (Å²) in [4.78, 5) is 0. The van der Waals surface area contributed by atoms with Crippen LogP contribution >= 0.6 is 11.6 Å². The van der Waals surface area contributed by atoms with Gasteiger partial charge in [-0.1, -0.05) is 17.7 Å². The van der Waals surface area contributed by atoms with Crippen LogP contribution in [0.25, 0.3) is 0 Å². The molecule has 0 aromatic heterocycles. The Kier molecular flexibility index (Phi) is 3.36. The summed E-state index contributed by atoms with van der Waals surface area (Å²) in [5.74, 6) is 4.99. The molecule has 14 heavy (non-hydrogen) atoms. The van der Waals surface area contributed by atoms with Gasteiger partial charge >= 0.3 is 6.18 Å². The summed E-state index contributed by atoms with van der Waals surface area (Å²) in [6, 6.07) is 3.66. The summed E-state index contributed by atoms with van der Waals surface area (Å²) in [5.41, 5.74) is 1.87. The average molecular weight is 225 g/mol. The van der Waals surface area contributed by atoms with Gasteiger partial charge in [-0.25, -0.2) is 0 Å². The summed E-state index contributed by atoms with van der Waals surface area (Å²) >= 11 is 5.41. The molecule has 0 radical (unpaired) electrons. The lowest BCUT2D eigenvalue weighted by Crippen LogP contribution is -2.21. The predicted octanol–water partition coefficient (Wildman–Crippen LogP) is 2.32. The molecule has 0 spiro atoms. The number of rotatable bonds is 2. The van der Waals surface area contributed by atoms with Gasteiger partial charge in [0.2, 0.25) is 0 Å². The minimum atomic E-state index is -4.43. The first kappa shape index (κ1) is 11.3. The summed E-state index contributed by atoms with van der Waals surface area (Å²) in [6.07, 6.45) is -4.43. The summed E-state index contributed by atoms with van der Waals surface area (Å²) in [7, 11) is 0. The highest BCUT2D eigenvalue weighted by Gasteiger charge is 2.33. The Morgan fingerprint density at radius 1 is 1.36 bits per heavy atom. The number of benzene rings is 1. The van der Waals surface area contributed by atoms with E-state index in [2.05, 4.69) is 5.43 Å². The SMILES string of the molecule is NNCc1ccc(Cl)c(C(F)(F)F)c1. The molecule has 1 aromatic carbocycles. The molecule has 0 bridgehead atoms. The molecular weight excluding hydrogens is 217 g/mol. The minimum absolute atomic E-state index is 0.167. The molecule has 1 rings (SSSR count). The molecule has 3 N–H and O–H groups in total. The number of halogens is 4. The van der Waals surface area contributed by atoms with Gasteiger partial charge in [0, 0.05) is 6.54 Å². The molecule has 6 heteroatoms. The standard InChI is InChI=1S/C8H8ClF3N2/c9-7-2-1-5(4-14-13)3-6(7)8(10,11)12/h1-3,14H,4,13H2. The topological polar surface area (TPSA) is 38.0 Å². The molecule has 0 amide bonds. The van der Waals surface area contributed by atoms with E-state index in [1.54, 1.807) is 0 Å². The van der Waals surface area contributed by atoms with Crippen LogP contribution in [0.4, 0.5) is 13.2 Å². The number of hydrogen-bond donors (Lipinski definition) is 2. The van der Waals surface area contributed by atoms with Crippen LogP contribution in [-0.2, 0) is 12.7 Å². The van der Waals surface area contributed by atoms with E-state index in [1.165, 1.54) is 12.1 Å². The zero-order valence-electron chi connectivity index (χ0n) is 7.03. The van der Waals surface area contributed by atoms with Crippen LogP contribution in [0.2, 0.25) is 5.02 Å². The molecule has 0 saturated carbocycles. The molecule has 0 saturated heterocycles. The van der Waals surface area contributed by atoms with Crippen LogP contribution in [0.3, 0.4) is 0 Å². The second kappa shape index (κ2) is 4.16. The van der Waals surface area contributed by atoms with Crippen molar-refractivity contribution in [2.24, 2.45) is 5.84 Å². The van der Waals surface area contributed by atoms with Crippen molar-refractivity contribution in [3.8, 4) is 0 Å².